The van der Waals surface area contributed by atoms with E-state index in [4.69, 9.17) is 0 Å². The maximum Gasteiger partial charge on any atom is 0.251 e. The summed E-state index contributed by atoms with van der Waals surface area (Å²) in [7, 11) is 0. The van der Waals surface area contributed by atoms with Gasteiger partial charge in [0.05, 0.1) is 5.60 Å². The number of carbonyl (C=O) groups excluding carboxylic acids is 1. The fourth-order valence-corrected chi connectivity index (χ4v) is 3.34. The van der Waals surface area contributed by atoms with Gasteiger partial charge in [0.15, 0.2) is 0 Å². The second-order valence-corrected chi connectivity index (χ2v) is 6.67. The summed E-state index contributed by atoms with van der Waals surface area (Å²) in [5.41, 5.74) is 4.41. The van der Waals surface area contributed by atoms with Gasteiger partial charge in [-0.2, -0.15) is 0 Å². The van der Waals surface area contributed by atoms with Crippen LogP contribution in [-0.4, -0.2) is 23.2 Å². The molecule has 1 aliphatic carbocycles. The number of hydrogen-bond acceptors (Lipinski definition) is 2. The van der Waals surface area contributed by atoms with Crippen molar-refractivity contribution < 1.29 is 9.90 Å². The minimum absolute atomic E-state index is 0.116. The van der Waals surface area contributed by atoms with Gasteiger partial charge >= 0.3 is 0 Å². The van der Waals surface area contributed by atoms with Crippen molar-refractivity contribution in [1.29, 1.82) is 0 Å². The standard InChI is InChI=1S/C20H23NO2/c1-14-7-8-18(15(2)11-14)19(22)21-13-20(23)10-9-16-5-3-4-6-17(16)12-20/h3-8,11,23H,9-10,12-13H2,1-2H3,(H,21,22). The Morgan fingerprint density at radius 3 is 2.65 bits per heavy atom. The first-order chi connectivity index (χ1) is 11.0. The lowest BCUT2D eigenvalue weighted by atomic mass is 9.80. The number of carbonyl (C=O) groups is 1. The van der Waals surface area contributed by atoms with Gasteiger partial charge in [0, 0.05) is 18.5 Å². The molecule has 0 heterocycles. The Labute approximate surface area is 137 Å². The molecule has 2 aromatic carbocycles. The van der Waals surface area contributed by atoms with Crippen LogP contribution in [-0.2, 0) is 12.8 Å². The van der Waals surface area contributed by atoms with Gasteiger partial charge in [0.25, 0.3) is 5.91 Å². The van der Waals surface area contributed by atoms with Crippen LogP contribution in [0.3, 0.4) is 0 Å². The summed E-state index contributed by atoms with van der Waals surface area (Å²) in [4.78, 5) is 12.4. The second kappa shape index (κ2) is 6.17. The van der Waals surface area contributed by atoms with E-state index in [-0.39, 0.29) is 12.5 Å². The van der Waals surface area contributed by atoms with Crippen LogP contribution in [0.4, 0.5) is 0 Å². The van der Waals surface area contributed by atoms with Crippen molar-refractivity contribution in [2.45, 2.75) is 38.7 Å². The summed E-state index contributed by atoms with van der Waals surface area (Å²) < 4.78 is 0. The molecule has 0 aromatic heterocycles. The molecule has 0 aliphatic heterocycles. The number of benzene rings is 2. The molecule has 2 aromatic rings. The fourth-order valence-electron chi connectivity index (χ4n) is 3.34. The van der Waals surface area contributed by atoms with Crippen LogP contribution in [0.1, 0.15) is 39.0 Å². The lowest BCUT2D eigenvalue weighted by Crippen LogP contribution is -2.46. The Bertz CT molecular complexity index is 738. The largest absolute Gasteiger partial charge is 0.388 e. The molecule has 1 amide bonds. The zero-order valence-corrected chi connectivity index (χ0v) is 13.7. The Morgan fingerprint density at radius 2 is 1.91 bits per heavy atom. The van der Waals surface area contributed by atoms with Gasteiger partial charge in [0.1, 0.15) is 0 Å². The van der Waals surface area contributed by atoms with E-state index in [0.717, 1.165) is 17.5 Å². The van der Waals surface area contributed by atoms with Crippen molar-refractivity contribution in [3.63, 3.8) is 0 Å². The Kier molecular flexibility index (Phi) is 4.22. The van der Waals surface area contributed by atoms with E-state index in [1.165, 1.54) is 11.1 Å². The van der Waals surface area contributed by atoms with Crippen LogP contribution in [0.25, 0.3) is 0 Å². The first kappa shape index (κ1) is 15.8. The molecule has 1 atom stereocenters. The van der Waals surface area contributed by atoms with Gasteiger partial charge in [-0.1, -0.05) is 42.0 Å². The number of aliphatic hydroxyl groups is 1. The molecule has 1 aliphatic rings. The normalized spacial score (nSPS) is 20.0. The van der Waals surface area contributed by atoms with Gasteiger partial charge in [-0.05, 0) is 49.4 Å². The van der Waals surface area contributed by atoms with E-state index < -0.39 is 5.60 Å². The van der Waals surface area contributed by atoms with Crippen molar-refractivity contribution in [1.82, 2.24) is 5.32 Å². The Morgan fingerprint density at radius 1 is 1.17 bits per heavy atom. The summed E-state index contributed by atoms with van der Waals surface area (Å²) >= 11 is 0. The molecule has 3 nitrogen and oxygen atoms in total. The number of nitrogens with one attached hydrogen (secondary N) is 1. The quantitative estimate of drug-likeness (QED) is 0.916. The van der Waals surface area contributed by atoms with Crippen LogP contribution in [0.15, 0.2) is 42.5 Å². The molecule has 0 saturated heterocycles. The highest BCUT2D eigenvalue weighted by Gasteiger charge is 2.32. The SMILES string of the molecule is Cc1ccc(C(=O)NCC2(O)CCc3ccccc3C2)c(C)c1. The molecule has 120 valence electrons. The van der Waals surface area contributed by atoms with Crippen LogP contribution in [0.5, 0.6) is 0 Å². The molecule has 0 saturated carbocycles. The third-order valence-electron chi connectivity index (χ3n) is 4.70. The molecule has 0 bridgehead atoms. The highest BCUT2D eigenvalue weighted by molar-refractivity contribution is 5.95. The minimum atomic E-state index is -0.859. The number of aryl methyl sites for hydroxylation is 3. The number of hydrogen-bond donors (Lipinski definition) is 2. The van der Waals surface area contributed by atoms with Crippen LogP contribution < -0.4 is 5.32 Å². The first-order valence-electron chi connectivity index (χ1n) is 8.11. The second-order valence-electron chi connectivity index (χ2n) is 6.67. The molecular formula is C20H23NO2. The summed E-state index contributed by atoms with van der Waals surface area (Å²) in [5, 5.41) is 13.7. The molecule has 23 heavy (non-hydrogen) atoms. The summed E-state index contributed by atoms with van der Waals surface area (Å²) in [6.07, 6.45) is 2.12. The summed E-state index contributed by atoms with van der Waals surface area (Å²) in [6, 6.07) is 14.0. The van der Waals surface area contributed by atoms with E-state index >= 15 is 0 Å². The highest BCUT2D eigenvalue weighted by Crippen LogP contribution is 2.28. The van der Waals surface area contributed by atoms with Crippen molar-refractivity contribution in [2.75, 3.05) is 6.54 Å². The number of amides is 1. The van der Waals surface area contributed by atoms with Crippen molar-refractivity contribution >= 4 is 5.91 Å². The van der Waals surface area contributed by atoms with Crippen LogP contribution in [0.2, 0.25) is 0 Å². The topological polar surface area (TPSA) is 49.3 Å². The third-order valence-corrected chi connectivity index (χ3v) is 4.70. The predicted octanol–water partition coefficient (Wildman–Crippen LogP) is 2.95. The maximum atomic E-state index is 12.4. The molecule has 3 rings (SSSR count). The fraction of sp³-hybridized carbons (Fsp3) is 0.350. The van der Waals surface area contributed by atoms with Gasteiger partial charge in [-0.3, -0.25) is 4.79 Å². The lowest BCUT2D eigenvalue weighted by molar-refractivity contribution is 0.0260. The average molecular weight is 309 g/mol. The monoisotopic (exact) mass is 309 g/mol. The predicted molar refractivity (Wildman–Crippen MR) is 91.7 cm³/mol. The van der Waals surface area contributed by atoms with E-state index in [0.29, 0.717) is 18.4 Å². The van der Waals surface area contributed by atoms with Crippen molar-refractivity contribution in [2.24, 2.45) is 0 Å². The zero-order valence-electron chi connectivity index (χ0n) is 13.7. The van der Waals surface area contributed by atoms with Crippen molar-refractivity contribution in [3.8, 4) is 0 Å². The van der Waals surface area contributed by atoms with Crippen molar-refractivity contribution in [3.05, 3.63) is 70.3 Å². The molecule has 1 unspecified atom stereocenters. The van der Waals surface area contributed by atoms with E-state index in [9.17, 15) is 9.90 Å². The molecule has 0 radical (unpaired) electrons. The molecule has 3 heteroatoms. The zero-order chi connectivity index (χ0) is 16.4. The highest BCUT2D eigenvalue weighted by atomic mass is 16.3. The maximum absolute atomic E-state index is 12.4. The summed E-state index contributed by atoms with van der Waals surface area (Å²) in [6.45, 7) is 4.23. The molecular weight excluding hydrogens is 286 g/mol. The van der Waals surface area contributed by atoms with Crippen LogP contribution in [0, 0.1) is 13.8 Å². The molecule has 0 spiro atoms. The number of fused-ring (bicyclic) bond motifs is 1. The van der Waals surface area contributed by atoms with Gasteiger partial charge in [-0.25, -0.2) is 0 Å². The Hall–Kier alpha value is -2.13. The number of rotatable bonds is 3. The molecule has 2 N–H and O–H groups in total. The van der Waals surface area contributed by atoms with Gasteiger partial charge < -0.3 is 10.4 Å². The third kappa shape index (κ3) is 3.45. The first-order valence-corrected chi connectivity index (χ1v) is 8.11. The lowest BCUT2D eigenvalue weighted by Gasteiger charge is -2.33. The minimum Gasteiger partial charge on any atom is -0.388 e. The molecule has 0 fully saturated rings. The average Bonchev–Trinajstić information content (AvgIpc) is 2.52. The van der Waals surface area contributed by atoms with E-state index in [2.05, 4.69) is 17.4 Å². The van der Waals surface area contributed by atoms with Crippen LogP contribution >= 0.6 is 0 Å². The smallest absolute Gasteiger partial charge is 0.251 e. The van der Waals surface area contributed by atoms with E-state index in [1.54, 1.807) is 0 Å². The summed E-state index contributed by atoms with van der Waals surface area (Å²) in [5.74, 6) is -0.116. The van der Waals surface area contributed by atoms with Gasteiger partial charge in [0.2, 0.25) is 0 Å². The van der Waals surface area contributed by atoms with Gasteiger partial charge in [-0.15, -0.1) is 0 Å². The Balaban J connectivity index is 1.67. The van der Waals surface area contributed by atoms with E-state index in [1.807, 2.05) is 44.2 Å².